The van der Waals surface area contributed by atoms with Crippen molar-refractivity contribution in [2.75, 3.05) is 11.9 Å². The second-order valence-electron chi connectivity index (χ2n) is 4.33. The summed E-state index contributed by atoms with van der Waals surface area (Å²) in [5.41, 5.74) is 2.21. The Labute approximate surface area is 114 Å². The maximum atomic E-state index is 5.60. The first-order valence-corrected chi connectivity index (χ1v) is 6.81. The van der Waals surface area contributed by atoms with Crippen molar-refractivity contribution in [2.45, 2.75) is 33.4 Å². The fraction of sp³-hybridized carbons (Fsp3) is 0.400. The van der Waals surface area contributed by atoms with Gasteiger partial charge in [0.05, 0.1) is 24.5 Å². The molecule has 2 aromatic rings. The highest BCUT2D eigenvalue weighted by Gasteiger charge is 2.04. The molecule has 0 aliphatic heterocycles. The van der Waals surface area contributed by atoms with Gasteiger partial charge in [0.25, 0.3) is 0 Å². The van der Waals surface area contributed by atoms with Gasteiger partial charge in [-0.25, -0.2) is 0 Å². The second-order valence-corrected chi connectivity index (χ2v) is 4.33. The van der Waals surface area contributed by atoms with E-state index in [1.54, 1.807) is 0 Å². The van der Waals surface area contributed by atoms with Crippen LogP contribution >= 0.6 is 0 Å². The van der Waals surface area contributed by atoms with E-state index >= 15 is 0 Å². The Morgan fingerprint density at radius 2 is 2.05 bits per heavy atom. The van der Waals surface area contributed by atoms with E-state index in [0.717, 1.165) is 30.9 Å². The molecule has 4 heteroatoms. The zero-order chi connectivity index (χ0) is 13.5. The molecule has 1 N–H and O–H groups in total. The lowest BCUT2D eigenvalue weighted by Gasteiger charge is -2.13. The molecule has 0 radical (unpaired) electrons. The van der Waals surface area contributed by atoms with Gasteiger partial charge in [-0.2, -0.15) is 5.10 Å². The van der Waals surface area contributed by atoms with Crippen molar-refractivity contribution in [3.8, 4) is 5.75 Å². The molecule has 0 unspecified atom stereocenters. The van der Waals surface area contributed by atoms with Crippen molar-refractivity contribution >= 4 is 5.69 Å². The van der Waals surface area contributed by atoms with E-state index < -0.39 is 0 Å². The molecular formula is C15H21N3O. The van der Waals surface area contributed by atoms with Gasteiger partial charge in [-0.1, -0.05) is 19.1 Å². The topological polar surface area (TPSA) is 39.1 Å². The maximum Gasteiger partial charge on any atom is 0.142 e. The number of nitrogens with one attached hydrogen (secondary N) is 1. The monoisotopic (exact) mass is 259 g/mol. The number of aromatic nitrogens is 2. The fourth-order valence-corrected chi connectivity index (χ4v) is 2.00. The van der Waals surface area contributed by atoms with Crippen LogP contribution in [0.2, 0.25) is 0 Å². The number of rotatable bonds is 7. The highest BCUT2D eigenvalue weighted by molar-refractivity contribution is 5.56. The van der Waals surface area contributed by atoms with E-state index in [9.17, 15) is 0 Å². The van der Waals surface area contributed by atoms with Crippen LogP contribution in [-0.4, -0.2) is 16.4 Å². The van der Waals surface area contributed by atoms with E-state index in [1.165, 1.54) is 5.69 Å². The Bertz CT molecular complexity index is 508. The summed E-state index contributed by atoms with van der Waals surface area (Å²) in [5.74, 6) is 0.895. The normalized spacial score (nSPS) is 10.4. The summed E-state index contributed by atoms with van der Waals surface area (Å²) in [6.45, 7) is 6.53. The Hall–Kier alpha value is -1.97. The van der Waals surface area contributed by atoms with Crippen LogP contribution in [0.25, 0.3) is 0 Å². The Morgan fingerprint density at radius 1 is 1.21 bits per heavy atom. The predicted octanol–water partition coefficient (Wildman–Crippen LogP) is 3.30. The maximum absolute atomic E-state index is 5.60. The Morgan fingerprint density at radius 3 is 2.84 bits per heavy atom. The average molecular weight is 259 g/mol. The molecule has 0 spiro atoms. The number of nitrogens with zero attached hydrogens (tertiary/aromatic N) is 2. The van der Waals surface area contributed by atoms with Crippen LogP contribution in [0.5, 0.6) is 5.75 Å². The van der Waals surface area contributed by atoms with Crippen LogP contribution in [0.1, 0.15) is 26.0 Å². The minimum Gasteiger partial charge on any atom is -0.492 e. The number of para-hydroxylation sites is 2. The van der Waals surface area contributed by atoms with Gasteiger partial charge >= 0.3 is 0 Å². The lowest BCUT2D eigenvalue weighted by Crippen LogP contribution is -2.09. The van der Waals surface area contributed by atoms with Crippen LogP contribution in [0.4, 0.5) is 5.69 Å². The summed E-state index contributed by atoms with van der Waals surface area (Å²) in [6.07, 6.45) is 2.94. The molecule has 1 aromatic heterocycles. The van der Waals surface area contributed by atoms with Crippen molar-refractivity contribution < 1.29 is 4.74 Å². The summed E-state index contributed by atoms with van der Waals surface area (Å²) >= 11 is 0. The molecule has 0 amide bonds. The second kappa shape index (κ2) is 6.83. The quantitative estimate of drug-likeness (QED) is 0.829. The highest BCUT2D eigenvalue weighted by Crippen LogP contribution is 2.24. The van der Waals surface area contributed by atoms with Crippen molar-refractivity contribution in [1.29, 1.82) is 0 Å². The third kappa shape index (κ3) is 3.50. The number of anilines is 1. The molecule has 19 heavy (non-hydrogen) atoms. The van der Waals surface area contributed by atoms with Crippen LogP contribution in [0, 0.1) is 0 Å². The molecule has 1 heterocycles. The van der Waals surface area contributed by atoms with Gasteiger partial charge in [0.2, 0.25) is 0 Å². The summed E-state index contributed by atoms with van der Waals surface area (Å²) < 4.78 is 7.64. The largest absolute Gasteiger partial charge is 0.492 e. The van der Waals surface area contributed by atoms with Crippen LogP contribution in [-0.2, 0) is 13.1 Å². The SMILES string of the molecule is CCCn1nccc1CNc1ccccc1OCC. The van der Waals surface area contributed by atoms with Gasteiger partial charge in [0, 0.05) is 12.7 Å². The van der Waals surface area contributed by atoms with Crippen molar-refractivity contribution in [3.63, 3.8) is 0 Å². The third-order valence-electron chi connectivity index (χ3n) is 2.89. The lowest BCUT2D eigenvalue weighted by molar-refractivity contribution is 0.341. The number of hydrogen-bond donors (Lipinski definition) is 1. The fourth-order valence-electron chi connectivity index (χ4n) is 2.00. The van der Waals surface area contributed by atoms with E-state index in [4.69, 9.17) is 4.74 Å². The van der Waals surface area contributed by atoms with Gasteiger partial charge in [-0.05, 0) is 31.5 Å². The Kier molecular flexibility index (Phi) is 4.84. The minimum atomic E-state index is 0.673. The molecule has 102 valence electrons. The molecule has 0 saturated carbocycles. The number of aryl methyl sites for hydroxylation is 1. The molecule has 0 aliphatic rings. The molecule has 0 bridgehead atoms. The van der Waals surface area contributed by atoms with E-state index in [1.807, 2.05) is 48.1 Å². The van der Waals surface area contributed by atoms with Crippen LogP contribution in [0.3, 0.4) is 0 Å². The first-order chi connectivity index (χ1) is 9.35. The molecule has 0 fully saturated rings. The summed E-state index contributed by atoms with van der Waals surface area (Å²) in [4.78, 5) is 0. The summed E-state index contributed by atoms with van der Waals surface area (Å²) in [6, 6.07) is 10.1. The zero-order valence-electron chi connectivity index (χ0n) is 11.6. The zero-order valence-corrected chi connectivity index (χ0v) is 11.6. The predicted molar refractivity (Wildman–Crippen MR) is 77.5 cm³/mol. The van der Waals surface area contributed by atoms with Crippen LogP contribution < -0.4 is 10.1 Å². The van der Waals surface area contributed by atoms with Crippen LogP contribution in [0.15, 0.2) is 36.5 Å². The van der Waals surface area contributed by atoms with E-state index in [0.29, 0.717) is 6.61 Å². The Balaban J connectivity index is 2.03. The van der Waals surface area contributed by atoms with Gasteiger partial charge in [0.15, 0.2) is 0 Å². The molecule has 0 saturated heterocycles. The van der Waals surface area contributed by atoms with E-state index in [2.05, 4.69) is 17.3 Å². The number of ether oxygens (including phenoxy) is 1. The average Bonchev–Trinajstić information content (AvgIpc) is 2.86. The van der Waals surface area contributed by atoms with Crippen molar-refractivity contribution in [3.05, 3.63) is 42.2 Å². The molecule has 1 aromatic carbocycles. The van der Waals surface area contributed by atoms with Crippen molar-refractivity contribution in [1.82, 2.24) is 9.78 Å². The standard InChI is InChI=1S/C15H21N3O/c1-3-11-18-13(9-10-17-18)12-16-14-7-5-6-8-15(14)19-4-2/h5-10,16H,3-4,11-12H2,1-2H3. The first-order valence-electron chi connectivity index (χ1n) is 6.81. The lowest BCUT2D eigenvalue weighted by atomic mass is 10.3. The number of hydrogen-bond acceptors (Lipinski definition) is 3. The number of benzene rings is 1. The molecular weight excluding hydrogens is 238 g/mol. The highest BCUT2D eigenvalue weighted by atomic mass is 16.5. The molecule has 0 aliphatic carbocycles. The molecule has 0 atom stereocenters. The van der Waals surface area contributed by atoms with Gasteiger partial charge in [-0.15, -0.1) is 0 Å². The third-order valence-corrected chi connectivity index (χ3v) is 2.89. The first kappa shape index (κ1) is 13.5. The molecule has 2 rings (SSSR count). The van der Waals surface area contributed by atoms with Gasteiger partial charge in [0.1, 0.15) is 5.75 Å². The smallest absolute Gasteiger partial charge is 0.142 e. The summed E-state index contributed by atoms with van der Waals surface area (Å²) in [5, 5.41) is 7.74. The summed E-state index contributed by atoms with van der Waals surface area (Å²) in [7, 11) is 0. The minimum absolute atomic E-state index is 0.673. The van der Waals surface area contributed by atoms with Gasteiger partial charge < -0.3 is 10.1 Å². The van der Waals surface area contributed by atoms with Gasteiger partial charge in [-0.3, -0.25) is 4.68 Å². The molecule has 4 nitrogen and oxygen atoms in total. The van der Waals surface area contributed by atoms with Crippen molar-refractivity contribution in [2.24, 2.45) is 0 Å². The van der Waals surface area contributed by atoms with E-state index in [-0.39, 0.29) is 0 Å².